The first-order chi connectivity index (χ1) is 8.79. The van der Waals surface area contributed by atoms with Crippen molar-refractivity contribution in [3.63, 3.8) is 0 Å². The summed E-state index contributed by atoms with van der Waals surface area (Å²) in [5, 5.41) is 13.6. The predicted octanol–water partition coefficient (Wildman–Crippen LogP) is 3.05. The molecular weight excluding hydrogens is 266 g/mol. The van der Waals surface area contributed by atoms with E-state index in [1.165, 1.54) is 12.1 Å². The van der Waals surface area contributed by atoms with Gasteiger partial charge in [0.05, 0.1) is 16.1 Å². The van der Waals surface area contributed by atoms with Crippen molar-refractivity contribution in [2.75, 3.05) is 0 Å². The zero-order valence-corrected chi connectivity index (χ0v) is 11.6. The fourth-order valence-electron chi connectivity index (χ4n) is 1.54. The lowest BCUT2D eigenvalue weighted by molar-refractivity contribution is 0.0697. The molecule has 5 nitrogen and oxygen atoms in total. The van der Waals surface area contributed by atoms with Crippen molar-refractivity contribution in [2.24, 2.45) is 0 Å². The highest BCUT2D eigenvalue weighted by atomic mass is 35.5. The number of hydrogen-bond donors (Lipinski definition) is 1. The zero-order valence-electron chi connectivity index (χ0n) is 10.9. The Labute approximate surface area is 115 Å². The first kappa shape index (κ1) is 13.5. The standard InChI is InChI=1S/C13H14ClN3O2/c1-13(2,3)17-7-15-11(16-17)9-5-4-8(12(18)19)6-10(9)14/h4-7H,1-3H3,(H,18,19). The average Bonchev–Trinajstić information content (AvgIpc) is 2.77. The maximum atomic E-state index is 10.8. The molecule has 0 spiro atoms. The zero-order chi connectivity index (χ0) is 14.2. The molecule has 1 heterocycles. The Morgan fingerprint density at radius 1 is 1.37 bits per heavy atom. The van der Waals surface area contributed by atoms with E-state index in [4.69, 9.17) is 16.7 Å². The van der Waals surface area contributed by atoms with E-state index in [1.807, 2.05) is 20.8 Å². The highest BCUT2D eigenvalue weighted by Gasteiger charge is 2.17. The minimum absolute atomic E-state index is 0.143. The average molecular weight is 280 g/mol. The number of hydrogen-bond acceptors (Lipinski definition) is 3. The molecule has 0 bridgehead atoms. The van der Waals surface area contributed by atoms with Crippen LogP contribution in [0.3, 0.4) is 0 Å². The first-order valence-corrected chi connectivity index (χ1v) is 6.12. The van der Waals surface area contributed by atoms with Gasteiger partial charge in [0.2, 0.25) is 0 Å². The van der Waals surface area contributed by atoms with Crippen molar-refractivity contribution in [3.8, 4) is 11.4 Å². The number of nitrogens with zero attached hydrogens (tertiary/aromatic N) is 3. The molecule has 0 amide bonds. The van der Waals surface area contributed by atoms with E-state index in [-0.39, 0.29) is 11.1 Å². The second kappa shape index (κ2) is 4.66. The molecule has 0 atom stereocenters. The number of rotatable bonds is 2. The van der Waals surface area contributed by atoms with Gasteiger partial charge in [-0.15, -0.1) is 0 Å². The van der Waals surface area contributed by atoms with Crippen molar-refractivity contribution in [1.82, 2.24) is 14.8 Å². The summed E-state index contributed by atoms with van der Waals surface area (Å²) in [6.07, 6.45) is 1.64. The topological polar surface area (TPSA) is 68.0 Å². The molecule has 0 unspecified atom stereocenters. The van der Waals surface area contributed by atoms with E-state index in [9.17, 15) is 4.79 Å². The van der Waals surface area contributed by atoms with Gasteiger partial charge < -0.3 is 5.11 Å². The molecule has 0 aliphatic heterocycles. The van der Waals surface area contributed by atoms with Crippen LogP contribution in [0.1, 0.15) is 31.1 Å². The summed E-state index contributed by atoms with van der Waals surface area (Å²) in [6.45, 7) is 6.04. The fourth-order valence-corrected chi connectivity index (χ4v) is 1.80. The summed E-state index contributed by atoms with van der Waals surface area (Å²) < 4.78 is 1.74. The lowest BCUT2D eigenvalue weighted by Crippen LogP contribution is -2.22. The SMILES string of the molecule is CC(C)(C)n1cnc(-c2ccc(C(=O)O)cc2Cl)n1. The lowest BCUT2D eigenvalue weighted by atomic mass is 10.1. The van der Waals surface area contributed by atoms with Gasteiger partial charge in [-0.25, -0.2) is 14.5 Å². The smallest absolute Gasteiger partial charge is 0.335 e. The Balaban J connectivity index is 2.43. The molecule has 0 saturated carbocycles. The Morgan fingerprint density at radius 2 is 2.05 bits per heavy atom. The summed E-state index contributed by atoms with van der Waals surface area (Å²) in [5.41, 5.74) is 0.595. The van der Waals surface area contributed by atoms with Crippen molar-refractivity contribution in [3.05, 3.63) is 35.1 Å². The van der Waals surface area contributed by atoms with Gasteiger partial charge in [-0.2, -0.15) is 5.10 Å². The minimum Gasteiger partial charge on any atom is -0.478 e. The quantitative estimate of drug-likeness (QED) is 0.917. The van der Waals surface area contributed by atoms with Crippen molar-refractivity contribution < 1.29 is 9.90 Å². The molecule has 0 aliphatic rings. The summed E-state index contributed by atoms with van der Waals surface area (Å²) >= 11 is 6.08. The van der Waals surface area contributed by atoms with Gasteiger partial charge in [0.15, 0.2) is 5.82 Å². The molecule has 1 N–H and O–H groups in total. The van der Waals surface area contributed by atoms with Crippen LogP contribution in [0.4, 0.5) is 0 Å². The molecule has 1 aromatic heterocycles. The third-order valence-electron chi connectivity index (χ3n) is 2.64. The molecule has 0 saturated heterocycles. The molecule has 1 aromatic carbocycles. The van der Waals surface area contributed by atoms with Gasteiger partial charge in [-0.1, -0.05) is 11.6 Å². The highest BCUT2D eigenvalue weighted by molar-refractivity contribution is 6.33. The van der Waals surface area contributed by atoms with E-state index in [1.54, 1.807) is 17.1 Å². The van der Waals surface area contributed by atoms with E-state index in [0.29, 0.717) is 16.4 Å². The van der Waals surface area contributed by atoms with Crippen LogP contribution in [0.15, 0.2) is 24.5 Å². The molecule has 2 aromatic rings. The number of carbonyl (C=O) groups is 1. The Kier molecular flexibility index (Phi) is 3.32. The van der Waals surface area contributed by atoms with Crippen LogP contribution >= 0.6 is 11.6 Å². The second-order valence-corrected chi connectivity index (χ2v) is 5.59. The van der Waals surface area contributed by atoms with Gasteiger partial charge in [0.25, 0.3) is 0 Å². The molecule has 0 radical (unpaired) electrons. The monoisotopic (exact) mass is 279 g/mol. The van der Waals surface area contributed by atoms with Crippen molar-refractivity contribution in [1.29, 1.82) is 0 Å². The van der Waals surface area contributed by atoms with Gasteiger partial charge in [0.1, 0.15) is 6.33 Å². The van der Waals surface area contributed by atoms with Crippen molar-refractivity contribution in [2.45, 2.75) is 26.3 Å². The predicted molar refractivity (Wildman–Crippen MR) is 72.4 cm³/mol. The number of halogens is 1. The van der Waals surface area contributed by atoms with Crippen LogP contribution < -0.4 is 0 Å². The number of carboxylic acid groups (broad SMARTS) is 1. The van der Waals surface area contributed by atoms with E-state index >= 15 is 0 Å². The van der Waals surface area contributed by atoms with Crippen LogP contribution in [0.25, 0.3) is 11.4 Å². The molecule has 6 heteroatoms. The van der Waals surface area contributed by atoms with Crippen LogP contribution in [0.2, 0.25) is 5.02 Å². The van der Waals surface area contributed by atoms with Gasteiger partial charge in [-0.3, -0.25) is 0 Å². The lowest BCUT2D eigenvalue weighted by Gasteiger charge is -2.17. The fraction of sp³-hybridized carbons (Fsp3) is 0.308. The van der Waals surface area contributed by atoms with Gasteiger partial charge >= 0.3 is 5.97 Å². The maximum absolute atomic E-state index is 10.8. The summed E-state index contributed by atoms with van der Waals surface area (Å²) in [4.78, 5) is 15.1. The van der Waals surface area contributed by atoms with Crippen molar-refractivity contribution >= 4 is 17.6 Å². The molecule has 2 rings (SSSR count). The van der Waals surface area contributed by atoms with Crippen LogP contribution in [0.5, 0.6) is 0 Å². The van der Waals surface area contributed by atoms with E-state index in [0.717, 1.165) is 0 Å². The first-order valence-electron chi connectivity index (χ1n) is 5.74. The Hall–Kier alpha value is -1.88. The Morgan fingerprint density at radius 3 is 2.53 bits per heavy atom. The number of aromatic carboxylic acids is 1. The molecular formula is C13H14ClN3O2. The largest absolute Gasteiger partial charge is 0.478 e. The van der Waals surface area contributed by atoms with Crippen LogP contribution in [0, 0.1) is 0 Å². The molecule has 0 fully saturated rings. The normalized spacial score (nSPS) is 11.6. The third-order valence-corrected chi connectivity index (χ3v) is 2.95. The number of carboxylic acids is 1. The Bertz CT molecular complexity index is 629. The third kappa shape index (κ3) is 2.76. The number of benzene rings is 1. The summed E-state index contributed by atoms with van der Waals surface area (Å²) in [7, 11) is 0. The highest BCUT2D eigenvalue weighted by Crippen LogP contribution is 2.27. The molecule has 100 valence electrons. The molecule has 19 heavy (non-hydrogen) atoms. The van der Waals surface area contributed by atoms with Crippen LogP contribution in [-0.4, -0.2) is 25.8 Å². The number of aromatic nitrogens is 3. The molecule has 0 aliphatic carbocycles. The minimum atomic E-state index is -1.01. The van der Waals surface area contributed by atoms with Gasteiger partial charge in [-0.05, 0) is 39.0 Å². The van der Waals surface area contributed by atoms with Crippen LogP contribution in [-0.2, 0) is 5.54 Å². The summed E-state index contributed by atoms with van der Waals surface area (Å²) in [5.74, 6) is -0.529. The van der Waals surface area contributed by atoms with E-state index < -0.39 is 5.97 Å². The maximum Gasteiger partial charge on any atom is 0.335 e. The van der Waals surface area contributed by atoms with E-state index in [2.05, 4.69) is 10.1 Å². The summed E-state index contributed by atoms with van der Waals surface area (Å²) in [6, 6.07) is 4.51. The van der Waals surface area contributed by atoms with Gasteiger partial charge in [0, 0.05) is 5.56 Å². The second-order valence-electron chi connectivity index (χ2n) is 5.18.